The van der Waals surface area contributed by atoms with Crippen LogP contribution in [0.3, 0.4) is 0 Å². The van der Waals surface area contributed by atoms with Crippen LogP contribution in [0, 0.1) is 0 Å². The highest BCUT2D eigenvalue weighted by molar-refractivity contribution is 5.78. The summed E-state index contributed by atoms with van der Waals surface area (Å²) in [7, 11) is 0. The molecule has 0 spiro atoms. The molecular weight excluding hydrogens is 1330 g/mol. The van der Waals surface area contributed by atoms with Crippen molar-refractivity contribution in [2.24, 2.45) is 5.73 Å². The summed E-state index contributed by atoms with van der Waals surface area (Å²) in [5, 5.41) is 113. The first-order valence-corrected chi connectivity index (χ1v) is 34.2. The molecule has 9 unspecified atom stereocenters. The molecule has 37 nitrogen and oxygen atoms in total. The highest BCUT2D eigenvalue weighted by Gasteiger charge is 2.45. The van der Waals surface area contributed by atoms with Crippen molar-refractivity contribution in [1.29, 1.82) is 0 Å². The van der Waals surface area contributed by atoms with Gasteiger partial charge in [0.25, 0.3) is 0 Å². The Morgan fingerprint density at radius 1 is 0.450 bits per heavy atom. The van der Waals surface area contributed by atoms with Crippen molar-refractivity contribution >= 4 is 53.2 Å². The van der Waals surface area contributed by atoms with E-state index in [1.165, 1.54) is 34.6 Å². The number of ether oxygens (including phenoxy) is 9. The predicted octanol–water partition coefficient (Wildman–Crippen LogP) is -6.56. The molecule has 582 valence electrons. The van der Waals surface area contributed by atoms with E-state index in [2.05, 4.69) is 47.9 Å². The molecule has 13 atom stereocenters. The quantitative estimate of drug-likeness (QED) is 0.0199. The van der Waals surface area contributed by atoms with E-state index in [0.717, 1.165) is 0 Å². The van der Waals surface area contributed by atoms with Crippen molar-refractivity contribution < 1.29 is 132 Å². The summed E-state index contributed by atoms with van der Waals surface area (Å²) < 4.78 is 51.3. The summed E-state index contributed by atoms with van der Waals surface area (Å²) >= 11 is 0. The van der Waals surface area contributed by atoms with Crippen molar-refractivity contribution in [2.75, 3.05) is 132 Å². The van der Waals surface area contributed by atoms with Gasteiger partial charge in [-0.15, -0.1) is 0 Å². The van der Waals surface area contributed by atoms with Gasteiger partial charge in [0.05, 0.1) is 90.4 Å². The number of nitrogens with one attached hydrogen (secondary N) is 9. The second-order valence-electron chi connectivity index (χ2n) is 24.3. The van der Waals surface area contributed by atoms with Gasteiger partial charge in [0, 0.05) is 118 Å². The van der Waals surface area contributed by atoms with Gasteiger partial charge in [0.1, 0.15) is 48.6 Å². The topological polar surface area (TPSA) is 553 Å². The average Bonchev–Trinajstić information content (AvgIpc) is 0.810. The van der Waals surface area contributed by atoms with Crippen LogP contribution in [0.25, 0.3) is 0 Å². The summed E-state index contributed by atoms with van der Waals surface area (Å²) in [4.78, 5) is 110. The summed E-state index contributed by atoms with van der Waals surface area (Å²) in [6.45, 7) is 5.10. The first-order valence-electron chi connectivity index (χ1n) is 34.2. The molecule has 0 aromatic carbocycles. The summed E-state index contributed by atoms with van der Waals surface area (Å²) in [6, 6.07) is -3.02. The van der Waals surface area contributed by atoms with E-state index in [4.69, 9.17) is 48.4 Å². The lowest BCUT2D eigenvalue weighted by molar-refractivity contribution is -0.270. The van der Waals surface area contributed by atoms with E-state index in [0.29, 0.717) is 57.8 Å². The van der Waals surface area contributed by atoms with Crippen LogP contribution in [-0.4, -0.2) is 316 Å². The molecule has 9 amide bonds. The fourth-order valence-electron chi connectivity index (χ4n) is 9.37. The third kappa shape index (κ3) is 44.1. The van der Waals surface area contributed by atoms with Crippen LogP contribution in [0.15, 0.2) is 0 Å². The normalized spacial score (nSPS) is 19.1. The van der Waals surface area contributed by atoms with Crippen molar-refractivity contribution in [3.05, 3.63) is 0 Å². The number of hydrogen-bond acceptors (Lipinski definition) is 28. The van der Waals surface area contributed by atoms with E-state index in [1.807, 2.05) is 0 Å². The van der Waals surface area contributed by atoms with Crippen LogP contribution >= 0.6 is 0 Å². The molecule has 0 saturated carbocycles. The predicted molar refractivity (Wildman–Crippen MR) is 354 cm³/mol. The Hall–Kier alpha value is -5.53. The van der Waals surface area contributed by atoms with E-state index in [9.17, 15) is 89.1 Å². The minimum absolute atomic E-state index is 0.0392. The van der Waals surface area contributed by atoms with Gasteiger partial charge in [-0.1, -0.05) is 0 Å². The van der Waals surface area contributed by atoms with Gasteiger partial charge in [-0.25, -0.2) is 0 Å². The lowest BCUT2D eigenvalue weighted by Crippen LogP contribution is -2.64. The number of aliphatic hydroxyl groups is 9. The number of nitrogens with two attached hydrogens (primary N) is 1. The van der Waals surface area contributed by atoms with Crippen molar-refractivity contribution in [2.45, 2.75) is 216 Å². The molecule has 1 aliphatic heterocycles. The third-order valence-corrected chi connectivity index (χ3v) is 15.0. The van der Waals surface area contributed by atoms with Crippen LogP contribution in [0.5, 0.6) is 0 Å². The lowest BCUT2D eigenvalue weighted by Gasteiger charge is -2.42. The van der Waals surface area contributed by atoms with Gasteiger partial charge >= 0.3 is 0 Å². The highest BCUT2D eigenvalue weighted by atomic mass is 16.7. The fraction of sp³-hybridized carbons (Fsp3) is 0.857. The van der Waals surface area contributed by atoms with Gasteiger partial charge in [0.2, 0.25) is 53.2 Å². The minimum Gasteiger partial charge on any atom is -0.394 e. The molecule has 0 aliphatic carbocycles. The lowest BCUT2D eigenvalue weighted by atomic mass is 9.97. The third-order valence-electron chi connectivity index (χ3n) is 15.0. The van der Waals surface area contributed by atoms with Crippen LogP contribution in [-0.2, 0) is 85.8 Å². The average molecular weight is 1450 g/mol. The Morgan fingerprint density at radius 3 is 1.09 bits per heavy atom. The van der Waals surface area contributed by atoms with Crippen LogP contribution < -0.4 is 53.6 Å². The maximum atomic E-state index is 12.7. The van der Waals surface area contributed by atoms with E-state index >= 15 is 0 Å². The van der Waals surface area contributed by atoms with Gasteiger partial charge in [-0.2, -0.15) is 0 Å². The first-order chi connectivity index (χ1) is 47.7. The summed E-state index contributed by atoms with van der Waals surface area (Å²) in [6.07, 6.45) is -7.59. The highest BCUT2D eigenvalue weighted by Crippen LogP contribution is 2.23. The number of aliphatic hydroxyl groups excluding tert-OH is 9. The standard InChI is InChI=1S/C63H118N10O27/c1-41(79)48(35-76)98-60(46(33-74)71-43(3)81)95-27-9-6-15-51(84)65-21-12-24-68-54(87)18-30-92-38-63(64,39-93-31-19-55(88)69-25-13-22-66-52(85)16-7-10-28-96-61(47(34-75)72-44(4)82)99-49(36-77)42(2)80)40-94-32-20-56(89)70-26-14-23-67-53(86)17-8-11-29-97-62-57(73-45(5)83)59(91)58(90)50(37-78)100-62/h41-42,46-50,57-62,74-80,90-91H,6-40,64H2,1-5H3,(H,65,84)(H,66,85)(H,67,86)(H,68,87)(H,69,88)(H,70,89)(H,71,81)(H,72,82)(H,73,83)/t41-,42-,46+,47+,48?,49?,50?,57?,58?,59?,60?,61?,62?,63?/m0/s1. The zero-order valence-electron chi connectivity index (χ0n) is 58.7. The van der Waals surface area contributed by atoms with Crippen molar-refractivity contribution in [3.8, 4) is 0 Å². The molecule has 0 aromatic rings. The molecule has 1 fully saturated rings. The fourth-order valence-corrected chi connectivity index (χ4v) is 9.37. The molecular formula is C63H118N10O27. The second-order valence-corrected chi connectivity index (χ2v) is 24.3. The molecule has 1 aliphatic rings. The Kier molecular flexibility index (Phi) is 51.8. The Bertz CT molecular complexity index is 2190. The van der Waals surface area contributed by atoms with Crippen LogP contribution in [0.1, 0.15) is 131 Å². The molecule has 37 heteroatoms. The molecule has 0 bridgehead atoms. The number of carbonyl (C=O) groups is 9. The molecule has 1 saturated heterocycles. The molecule has 0 aromatic heterocycles. The van der Waals surface area contributed by atoms with E-state index in [1.54, 1.807) is 0 Å². The summed E-state index contributed by atoms with van der Waals surface area (Å²) in [5.74, 6) is -3.08. The number of unbranched alkanes of at least 4 members (excludes halogenated alkanes) is 3. The Balaban J connectivity index is 2.60. The molecule has 1 rings (SSSR count). The van der Waals surface area contributed by atoms with Gasteiger partial charge in [-0.05, 0) is 71.6 Å². The maximum Gasteiger partial charge on any atom is 0.222 e. The molecule has 0 radical (unpaired) electrons. The Labute approximate surface area is 584 Å². The Morgan fingerprint density at radius 2 is 0.790 bits per heavy atom. The minimum atomic E-state index is -1.44. The van der Waals surface area contributed by atoms with Crippen LogP contribution in [0.2, 0.25) is 0 Å². The van der Waals surface area contributed by atoms with Gasteiger partial charge in [-0.3, -0.25) is 43.2 Å². The first kappa shape index (κ1) is 92.5. The zero-order chi connectivity index (χ0) is 74.7. The van der Waals surface area contributed by atoms with Gasteiger partial charge in [0.15, 0.2) is 18.9 Å². The number of hydrogen-bond donors (Lipinski definition) is 19. The SMILES string of the molecule is CC(=O)NC1C(OCCCCC(=O)NCCCNC(=O)CCOCC(N)(COCCC(=O)NCCCNC(=O)CCCCOC(OC(CO)[C@H](C)O)[C@@H](CO)NC(C)=O)COCCC(=O)NCCCNC(=O)CCCCOC(OC(CO)[C@H](C)O)[C@@H](CO)NC(C)=O)OC(CO)C(O)C1O. The van der Waals surface area contributed by atoms with Crippen LogP contribution in [0.4, 0.5) is 0 Å². The molecule has 1 heterocycles. The zero-order valence-corrected chi connectivity index (χ0v) is 58.7. The maximum absolute atomic E-state index is 12.7. The second kappa shape index (κ2) is 56.0. The van der Waals surface area contributed by atoms with Gasteiger partial charge < -0.3 is 142 Å². The number of amides is 9. The van der Waals surface area contributed by atoms with Crippen molar-refractivity contribution in [1.82, 2.24) is 47.9 Å². The largest absolute Gasteiger partial charge is 0.394 e. The molecule has 20 N–H and O–H groups in total. The number of carbonyl (C=O) groups excluding carboxylic acids is 9. The number of rotatable bonds is 61. The summed E-state index contributed by atoms with van der Waals surface area (Å²) in [5.41, 5.74) is 5.39. The van der Waals surface area contributed by atoms with Crippen molar-refractivity contribution in [3.63, 3.8) is 0 Å². The van der Waals surface area contributed by atoms with E-state index < -0.39 is 136 Å². The molecule has 100 heavy (non-hydrogen) atoms. The van der Waals surface area contributed by atoms with E-state index in [-0.39, 0.29) is 173 Å². The smallest absolute Gasteiger partial charge is 0.222 e. The monoisotopic (exact) mass is 1450 g/mol.